The molecule has 1 aromatic rings. The monoisotopic (exact) mass is 360 g/mol. The highest BCUT2D eigenvalue weighted by Crippen LogP contribution is 2.22. The van der Waals surface area contributed by atoms with Crippen LogP contribution in [0.3, 0.4) is 0 Å². The zero-order valence-corrected chi connectivity index (χ0v) is 17.3. The van der Waals surface area contributed by atoms with Crippen molar-refractivity contribution in [1.29, 1.82) is 5.26 Å². The minimum atomic E-state index is 0.528. The number of hydrogen-bond acceptors (Lipinski definition) is 2. The maximum absolute atomic E-state index is 9.08. The van der Waals surface area contributed by atoms with Crippen LogP contribution in [0.5, 0.6) is 0 Å². The average Bonchev–Trinajstić information content (AvgIpc) is 2.69. The van der Waals surface area contributed by atoms with Crippen molar-refractivity contribution in [3.05, 3.63) is 95.8 Å². The molecule has 0 aromatic heterocycles. The van der Waals surface area contributed by atoms with Crippen LogP contribution in [0.2, 0.25) is 0 Å². The van der Waals surface area contributed by atoms with E-state index in [1.165, 1.54) is 11.1 Å². The van der Waals surface area contributed by atoms with Gasteiger partial charge in [-0.1, -0.05) is 80.3 Å². The Morgan fingerprint density at radius 2 is 1.96 bits per heavy atom. The van der Waals surface area contributed by atoms with Gasteiger partial charge in [0, 0.05) is 12.6 Å². The number of nitrogens with one attached hydrogen (secondary N) is 1. The number of hydrogen-bond donors (Lipinski definition) is 1. The molecular formula is C25H32N2. The predicted molar refractivity (Wildman–Crippen MR) is 121 cm³/mol. The molecule has 27 heavy (non-hydrogen) atoms. The summed E-state index contributed by atoms with van der Waals surface area (Å²) in [7, 11) is 1.74. The summed E-state index contributed by atoms with van der Waals surface area (Å²) in [5.74, 6) is 0. The molecular weight excluding hydrogens is 328 g/mol. The molecule has 0 unspecified atom stereocenters. The number of benzene rings is 1. The lowest BCUT2D eigenvalue weighted by Gasteiger charge is -2.09. The molecule has 0 spiro atoms. The van der Waals surface area contributed by atoms with E-state index in [2.05, 4.69) is 68.8 Å². The van der Waals surface area contributed by atoms with E-state index in [0.717, 1.165) is 23.1 Å². The van der Waals surface area contributed by atoms with Gasteiger partial charge in [0.1, 0.15) is 11.8 Å². The van der Waals surface area contributed by atoms with Crippen LogP contribution >= 0.6 is 0 Å². The average molecular weight is 361 g/mol. The van der Waals surface area contributed by atoms with Crippen LogP contribution in [-0.4, -0.2) is 7.05 Å². The Kier molecular flexibility index (Phi) is 12.6. The van der Waals surface area contributed by atoms with Gasteiger partial charge >= 0.3 is 0 Å². The van der Waals surface area contributed by atoms with Crippen LogP contribution in [0.4, 0.5) is 0 Å². The number of nitrogens with zero attached hydrogens (tertiary/aromatic N) is 1. The van der Waals surface area contributed by atoms with Gasteiger partial charge in [0.05, 0.1) is 0 Å². The summed E-state index contributed by atoms with van der Waals surface area (Å²) in [6.45, 7) is 15.6. The maximum atomic E-state index is 9.08. The third-order valence-corrected chi connectivity index (χ3v) is 4.00. The van der Waals surface area contributed by atoms with Gasteiger partial charge in [0.2, 0.25) is 0 Å². The second-order valence-corrected chi connectivity index (χ2v) is 5.74. The lowest BCUT2D eigenvalue weighted by molar-refractivity contribution is 1.04. The lowest BCUT2D eigenvalue weighted by atomic mass is 9.98. The highest BCUT2D eigenvalue weighted by molar-refractivity contribution is 5.79. The first-order valence-corrected chi connectivity index (χ1v) is 9.15. The number of rotatable bonds is 7. The molecule has 0 aliphatic carbocycles. The van der Waals surface area contributed by atoms with Crippen LogP contribution in [0.1, 0.15) is 43.9 Å². The van der Waals surface area contributed by atoms with Gasteiger partial charge in [0.25, 0.3) is 0 Å². The highest BCUT2D eigenvalue weighted by Gasteiger charge is 2.06. The zero-order valence-electron chi connectivity index (χ0n) is 17.3. The molecule has 0 aliphatic heterocycles. The molecule has 0 amide bonds. The molecule has 0 aliphatic rings. The van der Waals surface area contributed by atoms with Gasteiger partial charge in [-0.2, -0.15) is 5.26 Å². The molecule has 2 nitrogen and oxygen atoms in total. The van der Waals surface area contributed by atoms with Gasteiger partial charge < -0.3 is 5.32 Å². The van der Waals surface area contributed by atoms with E-state index in [9.17, 15) is 0 Å². The normalized spacial score (nSPS) is 12.1. The van der Waals surface area contributed by atoms with E-state index in [1.807, 2.05) is 32.1 Å². The van der Waals surface area contributed by atoms with Gasteiger partial charge in [0.15, 0.2) is 0 Å². The summed E-state index contributed by atoms with van der Waals surface area (Å²) in [4.78, 5) is 0. The Labute approximate surface area is 165 Å². The molecule has 0 saturated carbocycles. The van der Waals surface area contributed by atoms with Crippen LogP contribution < -0.4 is 5.32 Å². The Hall–Kier alpha value is -3.05. The Bertz CT molecular complexity index is 781. The zero-order chi connectivity index (χ0) is 20.7. The molecule has 0 saturated heterocycles. The number of allylic oxidation sites excluding steroid dienone is 9. The van der Waals surface area contributed by atoms with Crippen molar-refractivity contribution in [3.8, 4) is 6.07 Å². The van der Waals surface area contributed by atoms with E-state index in [0.29, 0.717) is 5.70 Å². The highest BCUT2D eigenvalue weighted by atomic mass is 14.8. The van der Waals surface area contributed by atoms with E-state index >= 15 is 0 Å². The topological polar surface area (TPSA) is 35.8 Å². The molecule has 0 heterocycles. The van der Waals surface area contributed by atoms with Crippen LogP contribution in [0.25, 0.3) is 11.6 Å². The number of aryl methyl sites for hydroxylation is 1. The standard InChI is InChI=1S/C16H18N2.C9H14/c1-5-7-13-10-14(9-8-12(13)3)15(6-2)16(11-17)18-4;1-4-7-8-9(5-2)6-3/h5-10,18H,2H2,1,3-4H3;4-5,7-8H,1,6H2,2-3H3/b7-5-,16-15+;8-7-,9-5-. The van der Waals surface area contributed by atoms with Gasteiger partial charge in [-0.05, 0) is 49.9 Å². The van der Waals surface area contributed by atoms with Gasteiger partial charge in [-0.15, -0.1) is 0 Å². The predicted octanol–water partition coefficient (Wildman–Crippen LogP) is 6.75. The quantitative estimate of drug-likeness (QED) is 0.431. The van der Waals surface area contributed by atoms with Crippen molar-refractivity contribution in [2.75, 3.05) is 7.05 Å². The molecule has 1 N–H and O–H groups in total. The molecule has 0 atom stereocenters. The minimum Gasteiger partial charge on any atom is -0.379 e. The smallest absolute Gasteiger partial charge is 0.121 e. The van der Waals surface area contributed by atoms with Crippen LogP contribution in [0, 0.1) is 18.3 Å². The summed E-state index contributed by atoms with van der Waals surface area (Å²) in [5.41, 5.74) is 6.07. The summed E-state index contributed by atoms with van der Waals surface area (Å²) in [6, 6.07) is 8.28. The summed E-state index contributed by atoms with van der Waals surface area (Å²) >= 11 is 0. The largest absolute Gasteiger partial charge is 0.379 e. The van der Waals surface area contributed by atoms with Crippen molar-refractivity contribution in [2.24, 2.45) is 0 Å². The van der Waals surface area contributed by atoms with Crippen molar-refractivity contribution < 1.29 is 0 Å². The SMILES string of the molecule is C=C/C(=C(/C#N)NC)c1ccc(C)c(/C=C\C)c1.C=C/C=C\C(=C/C)CC. The fraction of sp³-hybridized carbons (Fsp3) is 0.240. The van der Waals surface area contributed by atoms with Gasteiger partial charge in [-0.3, -0.25) is 0 Å². The molecule has 1 aromatic carbocycles. The third-order valence-electron chi connectivity index (χ3n) is 4.00. The first-order chi connectivity index (χ1) is 13.0. The fourth-order valence-corrected chi connectivity index (χ4v) is 2.39. The van der Waals surface area contributed by atoms with Crippen LogP contribution in [-0.2, 0) is 0 Å². The van der Waals surface area contributed by atoms with E-state index in [1.54, 1.807) is 19.2 Å². The second-order valence-electron chi connectivity index (χ2n) is 5.74. The second kappa shape index (κ2) is 14.2. The third kappa shape index (κ3) is 8.25. The summed E-state index contributed by atoms with van der Waals surface area (Å²) < 4.78 is 0. The van der Waals surface area contributed by atoms with Crippen molar-refractivity contribution in [3.63, 3.8) is 0 Å². The first-order valence-electron chi connectivity index (χ1n) is 9.15. The maximum Gasteiger partial charge on any atom is 0.121 e. The van der Waals surface area contributed by atoms with E-state index in [-0.39, 0.29) is 0 Å². The Morgan fingerprint density at radius 1 is 1.26 bits per heavy atom. The molecule has 0 radical (unpaired) electrons. The molecule has 1 rings (SSSR count). The molecule has 142 valence electrons. The fourth-order valence-electron chi connectivity index (χ4n) is 2.39. The lowest BCUT2D eigenvalue weighted by Crippen LogP contribution is -2.06. The number of nitriles is 1. The van der Waals surface area contributed by atoms with Crippen molar-refractivity contribution >= 4 is 11.6 Å². The summed E-state index contributed by atoms with van der Waals surface area (Å²) in [5, 5.41) is 12.0. The molecule has 0 fully saturated rings. The Balaban J connectivity index is 0.000000636. The van der Waals surface area contributed by atoms with Crippen LogP contribution in [0.15, 0.2) is 79.1 Å². The molecule has 2 heteroatoms. The first kappa shape index (κ1) is 24.0. The Morgan fingerprint density at radius 3 is 2.41 bits per heavy atom. The van der Waals surface area contributed by atoms with Crippen molar-refractivity contribution in [1.82, 2.24) is 5.32 Å². The minimum absolute atomic E-state index is 0.528. The van der Waals surface area contributed by atoms with E-state index in [4.69, 9.17) is 5.26 Å². The van der Waals surface area contributed by atoms with E-state index < -0.39 is 0 Å². The van der Waals surface area contributed by atoms with Gasteiger partial charge in [-0.25, -0.2) is 0 Å². The molecule has 0 bridgehead atoms. The van der Waals surface area contributed by atoms with Crippen molar-refractivity contribution in [2.45, 2.75) is 34.1 Å². The summed E-state index contributed by atoms with van der Waals surface area (Å²) in [6.07, 6.45) is 14.8.